The molecule has 0 bridgehead atoms. The van der Waals surface area contributed by atoms with E-state index >= 15 is 0 Å². The van der Waals surface area contributed by atoms with Gasteiger partial charge in [-0.25, -0.2) is 0 Å². The van der Waals surface area contributed by atoms with E-state index in [0.29, 0.717) is 10.9 Å². The quantitative estimate of drug-likeness (QED) is 0.621. The van der Waals surface area contributed by atoms with Crippen molar-refractivity contribution in [1.29, 1.82) is 0 Å². The first-order valence-electron chi connectivity index (χ1n) is 5.92. The molecule has 1 aromatic carbocycles. The molecule has 8 heteroatoms. The number of halogens is 3. The van der Waals surface area contributed by atoms with E-state index in [4.69, 9.17) is 12.2 Å². The Kier molecular flexibility index (Phi) is 4.58. The number of amides is 1. The summed E-state index contributed by atoms with van der Waals surface area (Å²) < 4.78 is 41.4. The highest BCUT2D eigenvalue weighted by molar-refractivity contribution is 8.26. The van der Waals surface area contributed by atoms with Crippen molar-refractivity contribution < 1.29 is 22.7 Å². The molecule has 1 fully saturated rings. The van der Waals surface area contributed by atoms with Gasteiger partial charge < -0.3 is 4.74 Å². The molecule has 1 aliphatic rings. The lowest BCUT2D eigenvalue weighted by Crippen LogP contribution is -2.27. The van der Waals surface area contributed by atoms with Crippen LogP contribution in [0.3, 0.4) is 0 Å². The molecule has 0 unspecified atom stereocenters. The van der Waals surface area contributed by atoms with Crippen molar-refractivity contribution in [3.05, 3.63) is 34.7 Å². The summed E-state index contributed by atoms with van der Waals surface area (Å²) in [4.78, 5) is 13.7. The van der Waals surface area contributed by atoms with Crippen LogP contribution in [0.5, 0.6) is 5.75 Å². The minimum absolute atomic E-state index is 0.173. The molecule has 0 aliphatic carbocycles. The molecule has 1 aliphatic heterocycles. The summed E-state index contributed by atoms with van der Waals surface area (Å²) in [6.45, 7) is 2.19. The van der Waals surface area contributed by atoms with Crippen molar-refractivity contribution in [1.82, 2.24) is 4.90 Å². The molecule has 0 atom stereocenters. The number of hydrogen-bond donors (Lipinski definition) is 0. The maximum atomic E-state index is 12.3. The van der Waals surface area contributed by atoms with E-state index in [-0.39, 0.29) is 22.1 Å². The van der Waals surface area contributed by atoms with Crippen LogP contribution in [0, 0.1) is 0 Å². The molecule has 2 rings (SSSR count). The van der Waals surface area contributed by atoms with Crippen LogP contribution in [0.4, 0.5) is 13.2 Å². The average Bonchev–Trinajstić information content (AvgIpc) is 2.65. The first kappa shape index (κ1) is 15.8. The lowest BCUT2D eigenvalue weighted by molar-refractivity contribution is -0.274. The highest BCUT2D eigenvalue weighted by atomic mass is 32.2. The number of carbonyl (C=O) groups excluding carboxylic acids is 1. The van der Waals surface area contributed by atoms with Crippen LogP contribution in [0.1, 0.15) is 12.5 Å². The van der Waals surface area contributed by atoms with Crippen LogP contribution in [0.25, 0.3) is 6.08 Å². The molecule has 0 aromatic heterocycles. The van der Waals surface area contributed by atoms with Gasteiger partial charge in [-0.1, -0.05) is 42.2 Å². The number of thiocarbonyl (C=S) groups is 1. The lowest BCUT2D eigenvalue weighted by atomic mass is 10.2. The molecular weight excluding hydrogens is 323 g/mol. The topological polar surface area (TPSA) is 29.5 Å². The van der Waals surface area contributed by atoms with Crippen LogP contribution in [0.2, 0.25) is 0 Å². The number of likely N-dealkylation sites (N-methyl/N-ethyl adjacent to an activating group) is 1. The molecule has 1 amide bonds. The lowest BCUT2D eigenvalue weighted by Gasteiger charge is -2.11. The van der Waals surface area contributed by atoms with Gasteiger partial charge in [0.05, 0.1) is 4.91 Å². The van der Waals surface area contributed by atoms with Gasteiger partial charge in [0.15, 0.2) is 0 Å². The van der Waals surface area contributed by atoms with E-state index in [9.17, 15) is 18.0 Å². The van der Waals surface area contributed by atoms with Crippen molar-refractivity contribution in [3.63, 3.8) is 0 Å². The molecule has 0 radical (unpaired) electrons. The second-order valence-corrected chi connectivity index (χ2v) is 5.69. The Morgan fingerprint density at radius 1 is 1.38 bits per heavy atom. The Hall–Kier alpha value is -1.54. The van der Waals surface area contributed by atoms with Gasteiger partial charge in [-0.05, 0) is 19.1 Å². The minimum atomic E-state index is -4.79. The van der Waals surface area contributed by atoms with Gasteiger partial charge in [-0.2, -0.15) is 0 Å². The summed E-state index contributed by atoms with van der Waals surface area (Å²) in [6, 6.07) is 5.63. The van der Waals surface area contributed by atoms with E-state index in [0.717, 1.165) is 11.8 Å². The smallest absolute Gasteiger partial charge is 0.405 e. The molecular formula is C13H10F3NO2S2. The Bertz CT molecular complexity index is 614. The van der Waals surface area contributed by atoms with Gasteiger partial charge in [-0.3, -0.25) is 9.69 Å². The molecule has 112 valence electrons. The van der Waals surface area contributed by atoms with Crippen LogP contribution in [0.15, 0.2) is 29.2 Å². The van der Waals surface area contributed by atoms with Crippen LogP contribution in [-0.4, -0.2) is 28.0 Å². The van der Waals surface area contributed by atoms with Crippen LogP contribution < -0.4 is 4.74 Å². The summed E-state index contributed by atoms with van der Waals surface area (Å²) in [6.07, 6.45) is -3.43. The van der Waals surface area contributed by atoms with E-state index in [1.165, 1.54) is 29.2 Å². The Morgan fingerprint density at radius 3 is 2.62 bits per heavy atom. The van der Waals surface area contributed by atoms with Gasteiger partial charge in [0.1, 0.15) is 10.1 Å². The maximum Gasteiger partial charge on any atom is 0.573 e. The van der Waals surface area contributed by atoms with Crippen molar-refractivity contribution in [2.75, 3.05) is 6.54 Å². The predicted molar refractivity (Wildman–Crippen MR) is 78.7 cm³/mol. The molecule has 1 saturated heterocycles. The second-order valence-electron chi connectivity index (χ2n) is 4.01. The fourth-order valence-corrected chi connectivity index (χ4v) is 3.11. The number of nitrogens with zero attached hydrogens (tertiary/aromatic N) is 1. The number of benzene rings is 1. The Labute approximate surface area is 128 Å². The summed E-state index contributed by atoms with van der Waals surface area (Å²) in [5.41, 5.74) is 0.173. The number of para-hydroxylation sites is 1. The van der Waals surface area contributed by atoms with Gasteiger partial charge in [0.25, 0.3) is 5.91 Å². The Morgan fingerprint density at radius 2 is 2.05 bits per heavy atom. The third-order valence-electron chi connectivity index (χ3n) is 2.62. The van der Waals surface area contributed by atoms with Crippen molar-refractivity contribution in [3.8, 4) is 5.75 Å². The fourth-order valence-electron chi connectivity index (χ4n) is 1.73. The summed E-state index contributed by atoms with van der Waals surface area (Å²) in [5, 5.41) is 0. The molecule has 3 nitrogen and oxygen atoms in total. The van der Waals surface area contributed by atoms with Crippen molar-refractivity contribution in [2.45, 2.75) is 13.3 Å². The zero-order valence-electron chi connectivity index (χ0n) is 10.8. The van der Waals surface area contributed by atoms with E-state index < -0.39 is 6.36 Å². The zero-order valence-corrected chi connectivity index (χ0v) is 12.4. The molecule has 21 heavy (non-hydrogen) atoms. The van der Waals surface area contributed by atoms with E-state index in [1.807, 2.05) is 0 Å². The number of alkyl halides is 3. The van der Waals surface area contributed by atoms with Gasteiger partial charge in [0, 0.05) is 12.1 Å². The minimum Gasteiger partial charge on any atom is -0.405 e. The molecule has 0 spiro atoms. The monoisotopic (exact) mass is 333 g/mol. The molecule has 1 heterocycles. The zero-order chi connectivity index (χ0) is 15.6. The summed E-state index contributed by atoms with van der Waals surface area (Å²) in [7, 11) is 0. The highest BCUT2D eigenvalue weighted by Crippen LogP contribution is 2.35. The number of rotatable bonds is 3. The van der Waals surface area contributed by atoms with Crippen LogP contribution >= 0.6 is 24.0 Å². The SMILES string of the molecule is CCN1C(=O)C(=Cc2ccccc2OC(F)(F)F)SC1=S. The highest BCUT2D eigenvalue weighted by Gasteiger charge is 2.33. The first-order chi connectivity index (χ1) is 9.81. The summed E-state index contributed by atoms with van der Waals surface area (Å²) >= 11 is 6.11. The normalized spacial score (nSPS) is 17.7. The third kappa shape index (κ3) is 3.76. The largest absolute Gasteiger partial charge is 0.573 e. The van der Waals surface area contributed by atoms with E-state index in [1.54, 1.807) is 13.0 Å². The number of thioether (sulfide) groups is 1. The molecule has 1 aromatic rings. The predicted octanol–water partition coefficient (Wildman–Crippen LogP) is 3.81. The summed E-state index contributed by atoms with van der Waals surface area (Å²) in [5.74, 6) is -0.666. The van der Waals surface area contributed by atoms with Gasteiger partial charge in [0.2, 0.25) is 0 Å². The average molecular weight is 333 g/mol. The second kappa shape index (κ2) is 6.07. The van der Waals surface area contributed by atoms with Gasteiger partial charge in [-0.15, -0.1) is 13.2 Å². The van der Waals surface area contributed by atoms with Crippen molar-refractivity contribution in [2.24, 2.45) is 0 Å². The van der Waals surface area contributed by atoms with E-state index in [2.05, 4.69) is 4.74 Å². The third-order valence-corrected chi connectivity index (χ3v) is 4.00. The first-order valence-corrected chi connectivity index (χ1v) is 7.14. The molecule has 0 saturated carbocycles. The fraction of sp³-hybridized carbons (Fsp3) is 0.231. The van der Waals surface area contributed by atoms with Gasteiger partial charge >= 0.3 is 6.36 Å². The molecule has 0 N–H and O–H groups in total. The standard InChI is InChI=1S/C13H10F3NO2S2/c1-2-17-11(18)10(21-12(17)20)7-8-5-3-4-6-9(8)19-13(14,15)16/h3-7H,2H2,1H3. The number of hydrogen-bond acceptors (Lipinski definition) is 4. The van der Waals surface area contributed by atoms with Crippen LogP contribution in [-0.2, 0) is 4.79 Å². The Balaban J connectivity index is 2.34. The number of carbonyl (C=O) groups is 1. The maximum absolute atomic E-state index is 12.3. The van der Waals surface area contributed by atoms with Crippen molar-refractivity contribution >= 4 is 40.3 Å². The number of ether oxygens (including phenoxy) is 1.